The number of benzene rings is 1. The molecule has 0 aliphatic heterocycles. The van der Waals surface area contributed by atoms with E-state index in [4.69, 9.17) is 9.68 Å². The quantitative estimate of drug-likeness (QED) is 0.910. The molecule has 2 aromatic rings. The van der Waals surface area contributed by atoms with Crippen LogP contribution in [0, 0.1) is 25.2 Å². The lowest BCUT2D eigenvalue weighted by atomic mass is 10.1. The van der Waals surface area contributed by atoms with E-state index in [0.29, 0.717) is 28.1 Å². The van der Waals surface area contributed by atoms with Crippen LogP contribution in [0.1, 0.15) is 34.2 Å². The fourth-order valence-electron chi connectivity index (χ4n) is 1.97. The zero-order chi connectivity index (χ0) is 16.3. The van der Waals surface area contributed by atoms with E-state index in [0.717, 1.165) is 0 Å². The molecule has 0 unspecified atom stereocenters. The first-order chi connectivity index (χ1) is 10.4. The molecule has 2 N–H and O–H groups in total. The normalized spacial score (nSPS) is 9.91. The lowest BCUT2D eigenvalue weighted by molar-refractivity contribution is -0.114. The third-order valence-electron chi connectivity index (χ3n) is 3.17. The van der Waals surface area contributed by atoms with Crippen LogP contribution in [-0.4, -0.2) is 11.8 Å². The molecule has 6 nitrogen and oxygen atoms in total. The van der Waals surface area contributed by atoms with Gasteiger partial charge in [0.25, 0.3) is 5.91 Å². The first kappa shape index (κ1) is 15.3. The SMILES string of the molecule is CC(=O)Nc1cccc(C(=O)Nc2oc(C)c(C)c2C#N)c1. The summed E-state index contributed by atoms with van der Waals surface area (Å²) in [6.07, 6.45) is 0. The van der Waals surface area contributed by atoms with Gasteiger partial charge < -0.3 is 9.73 Å². The Morgan fingerprint density at radius 1 is 1.23 bits per heavy atom. The van der Waals surface area contributed by atoms with Gasteiger partial charge in [0.2, 0.25) is 11.8 Å². The number of hydrogen-bond donors (Lipinski definition) is 2. The predicted octanol–water partition coefficient (Wildman–Crippen LogP) is 2.98. The van der Waals surface area contributed by atoms with E-state index in [9.17, 15) is 9.59 Å². The summed E-state index contributed by atoms with van der Waals surface area (Å²) in [6.45, 7) is 4.87. The molecule has 1 aromatic heterocycles. The van der Waals surface area contributed by atoms with E-state index in [1.807, 2.05) is 6.07 Å². The first-order valence-electron chi connectivity index (χ1n) is 6.61. The van der Waals surface area contributed by atoms with Gasteiger partial charge in [-0.3, -0.25) is 14.9 Å². The Labute approximate surface area is 127 Å². The first-order valence-corrected chi connectivity index (χ1v) is 6.61. The summed E-state index contributed by atoms with van der Waals surface area (Å²) in [4.78, 5) is 23.3. The van der Waals surface area contributed by atoms with Gasteiger partial charge in [-0.15, -0.1) is 0 Å². The van der Waals surface area contributed by atoms with E-state index in [2.05, 4.69) is 10.6 Å². The molecule has 1 heterocycles. The molecule has 0 spiro atoms. The zero-order valence-corrected chi connectivity index (χ0v) is 12.5. The molecule has 0 saturated carbocycles. The average molecular weight is 297 g/mol. The van der Waals surface area contributed by atoms with Gasteiger partial charge in [0.05, 0.1) is 0 Å². The third-order valence-corrected chi connectivity index (χ3v) is 3.17. The zero-order valence-electron chi connectivity index (χ0n) is 12.5. The number of amides is 2. The number of aryl methyl sites for hydroxylation is 1. The summed E-state index contributed by atoms with van der Waals surface area (Å²) in [5, 5.41) is 14.3. The standard InChI is InChI=1S/C16H15N3O3/c1-9-10(2)22-16(14(9)8-17)19-15(21)12-5-4-6-13(7-12)18-11(3)20/h4-7H,1-3H3,(H,18,20)(H,19,21). The second kappa shape index (κ2) is 6.14. The Hall–Kier alpha value is -3.07. The van der Waals surface area contributed by atoms with Crippen LogP contribution < -0.4 is 10.6 Å². The molecular formula is C16H15N3O3. The number of anilines is 2. The molecule has 22 heavy (non-hydrogen) atoms. The topological polar surface area (TPSA) is 95.1 Å². The van der Waals surface area contributed by atoms with Crippen molar-refractivity contribution in [2.24, 2.45) is 0 Å². The van der Waals surface area contributed by atoms with Crippen molar-refractivity contribution in [3.05, 3.63) is 46.7 Å². The van der Waals surface area contributed by atoms with Crippen molar-refractivity contribution in [2.45, 2.75) is 20.8 Å². The van der Waals surface area contributed by atoms with Gasteiger partial charge in [-0.1, -0.05) is 6.07 Å². The van der Waals surface area contributed by atoms with Gasteiger partial charge in [0.1, 0.15) is 17.4 Å². The van der Waals surface area contributed by atoms with Crippen LogP contribution >= 0.6 is 0 Å². The van der Waals surface area contributed by atoms with E-state index >= 15 is 0 Å². The molecule has 112 valence electrons. The van der Waals surface area contributed by atoms with E-state index in [1.54, 1.807) is 38.1 Å². The molecule has 1 aromatic carbocycles. The molecule has 0 aliphatic carbocycles. The Morgan fingerprint density at radius 2 is 1.95 bits per heavy atom. The van der Waals surface area contributed by atoms with Gasteiger partial charge in [-0.05, 0) is 32.0 Å². The Kier molecular flexibility index (Phi) is 4.28. The van der Waals surface area contributed by atoms with Crippen LogP contribution in [0.3, 0.4) is 0 Å². The molecule has 0 fully saturated rings. The summed E-state index contributed by atoms with van der Waals surface area (Å²) in [7, 11) is 0. The summed E-state index contributed by atoms with van der Waals surface area (Å²) in [5.74, 6) is 0.0744. The average Bonchev–Trinajstić information content (AvgIpc) is 2.72. The minimum absolute atomic E-state index is 0.132. The maximum absolute atomic E-state index is 12.2. The number of nitrogens with one attached hydrogen (secondary N) is 2. The minimum atomic E-state index is -0.419. The summed E-state index contributed by atoms with van der Waals surface area (Å²) >= 11 is 0. The molecule has 0 aliphatic rings. The summed E-state index contributed by atoms with van der Waals surface area (Å²) < 4.78 is 5.40. The van der Waals surface area contributed by atoms with Gasteiger partial charge in [-0.25, -0.2) is 0 Å². The van der Waals surface area contributed by atoms with Gasteiger partial charge in [0.15, 0.2) is 0 Å². The Balaban J connectivity index is 2.25. The van der Waals surface area contributed by atoms with Gasteiger partial charge in [0, 0.05) is 23.7 Å². The largest absolute Gasteiger partial charge is 0.444 e. The smallest absolute Gasteiger partial charge is 0.258 e. The number of nitrogens with zero attached hydrogens (tertiary/aromatic N) is 1. The van der Waals surface area contributed by atoms with Crippen LogP contribution in [0.15, 0.2) is 28.7 Å². The summed E-state index contributed by atoms with van der Waals surface area (Å²) in [6, 6.07) is 8.50. The van der Waals surface area contributed by atoms with Crippen molar-refractivity contribution in [3.8, 4) is 6.07 Å². The Bertz CT molecular complexity index is 784. The number of hydrogen-bond acceptors (Lipinski definition) is 4. The van der Waals surface area contributed by atoms with E-state index in [1.165, 1.54) is 6.92 Å². The molecule has 2 rings (SSSR count). The molecular weight excluding hydrogens is 282 g/mol. The molecule has 0 bridgehead atoms. The van der Waals surface area contributed by atoms with E-state index < -0.39 is 5.91 Å². The fraction of sp³-hybridized carbons (Fsp3) is 0.188. The number of furan rings is 1. The van der Waals surface area contributed by atoms with Gasteiger partial charge in [-0.2, -0.15) is 5.26 Å². The van der Waals surface area contributed by atoms with Crippen LogP contribution in [0.2, 0.25) is 0 Å². The van der Waals surface area contributed by atoms with Crippen molar-refractivity contribution in [1.82, 2.24) is 0 Å². The van der Waals surface area contributed by atoms with Crippen LogP contribution in [0.5, 0.6) is 0 Å². The fourth-order valence-corrected chi connectivity index (χ4v) is 1.97. The van der Waals surface area contributed by atoms with E-state index in [-0.39, 0.29) is 11.8 Å². The second-order valence-electron chi connectivity index (χ2n) is 4.82. The number of nitriles is 1. The lowest BCUT2D eigenvalue weighted by Gasteiger charge is -2.06. The molecule has 0 atom stereocenters. The van der Waals surface area contributed by atoms with Crippen LogP contribution in [-0.2, 0) is 4.79 Å². The minimum Gasteiger partial charge on any atom is -0.444 e. The van der Waals surface area contributed by atoms with Gasteiger partial charge >= 0.3 is 0 Å². The van der Waals surface area contributed by atoms with Crippen molar-refractivity contribution in [2.75, 3.05) is 10.6 Å². The van der Waals surface area contributed by atoms with Crippen molar-refractivity contribution < 1.29 is 14.0 Å². The van der Waals surface area contributed by atoms with Crippen LogP contribution in [0.25, 0.3) is 0 Å². The molecule has 2 amide bonds. The maximum Gasteiger partial charge on any atom is 0.258 e. The van der Waals surface area contributed by atoms with Crippen molar-refractivity contribution in [1.29, 1.82) is 5.26 Å². The monoisotopic (exact) mass is 297 g/mol. The highest BCUT2D eigenvalue weighted by Crippen LogP contribution is 2.26. The maximum atomic E-state index is 12.2. The molecule has 0 radical (unpaired) electrons. The van der Waals surface area contributed by atoms with Crippen LogP contribution in [0.4, 0.5) is 11.6 Å². The molecule has 0 saturated heterocycles. The highest BCUT2D eigenvalue weighted by Gasteiger charge is 2.17. The highest BCUT2D eigenvalue weighted by molar-refractivity contribution is 6.05. The number of carbonyl (C=O) groups excluding carboxylic acids is 2. The predicted molar refractivity (Wildman–Crippen MR) is 81.6 cm³/mol. The van der Waals surface area contributed by atoms with Crippen molar-refractivity contribution >= 4 is 23.4 Å². The third kappa shape index (κ3) is 3.15. The second-order valence-corrected chi connectivity index (χ2v) is 4.82. The molecule has 6 heteroatoms. The lowest BCUT2D eigenvalue weighted by Crippen LogP contribution is -2.13. The number of carbonyl (C=O) groups is 2. The summed E-state index contributed by atoms with van der Waals surface area (Å²) in [5.41, 5.74) is 1.88. The Morgan fingerprint density at radius 3 is 2.59 bits per heavy atom. The number of rotatable bonds is 3. The highest BCUT2D eigenvalue weighted by atomic mass is 16.4. The van der Waals surface area contributed by atoms with Crippen molar-refractivity contribution in [3.63, 3.8) is 0 Å².